The Morgan fingerprint density at radius 2 is 1.30 bits per heavy atom. The van der Waals surface area contributed by atoms with Gasteiger partial charge in [-0.2, -0.15) is 13.2 Å². The van der Waals surface area contributed by atoms with E-state index in [4.69, 9.17) is 0 Å². The molecule has 0 amide bonds. The molecule has 0 spiro atoms. The number of benzene rings is 1. The molecule has 2 aliphatic carbocycles. The van der Waals surface area contributed by atoms with Crippen LogP contribution in [0.5, 0.6) is 0 Å². The molecular weight excluding hydrogens is 431 g/mol. The van der Waals surface area contributed by atoms with Gasteiger partial charge in [0.25, 0.3) is 0 Å². The van der Waals surface area contributed by atoms with Crippen LogP contribution in [0.15, 0.2) is 24.3 Å². The molecule has 2 saturated carbocycles. The van der Waals surface area contributed by atoms with Crippen LogP contribution >= 0.6 is 0 Å². The first kappa shape index (κ1) is 26.2. The molecule has 33 heavy (non-hydrogen) atoms. The second-order valence-corrected chi connectivity index (χ2v) is 10.4. The van der Waals surface area contributed by atoms with Gasteiger partial charge in [0.15, 0.2) is 0 Å². The number of unbranched alkanes of at least 4 members (excludes halogenated alkanes) is 2. The Bertz CT molecular complexity index is 727. The topological polar surface area (TPSA) is 0 Å². The van der Waals surface area contributed by atoms with E-state index in [0.29, 0.717) is 17.9 Å². The Morgan fingerprint density at radius 1 is 0.788 bits per heavy atom. The maximum Gasteiger partial charge on any atom is 0.422 e. The summed E-state index contributed by atoms with van der Waals surface area (Å²) in [6, 6.07) is 1.72. The summed E-state index contributed by atoms with van der Waals surface area (Å²) in [7, 11) is 0. The van der Waals surface area contributed by atoms with Crippen LogP contribution in [0.4, 0.5) is 22.0 Å². The van der Waals surface area contributed by atoms with Gasteiger partial charge in [-0.1, -0.05) is 50.7 Å². The highest BCUT2D eigenvalue weighted by atomic mass is 19.4. The van der Waals surface area contributed by atoms with E-state index < -0.39 is 23.4 Å². The molecule has 2 fully saturated rings. The predicted octanol–water partition coefficient (Wildman–Crippen LogP) is 9.67. The number of rotatable bonds is 9. The molecule has 1 aromatic carbocycles. The van der Waals surface area contributed by atoms with Crippen molar-refractivity contribution in [2.75, 3.05) is 0 Å². The fourth-order valence-electron chi connectivity index (χ4n) is 6.17. The Kier molecular flexibility index (Phi) is 9.81. The summed E-state index contributed by atoms with van der Waals surface area (Å²) in [6.45, 7) is 2.08. The van der Waals surface area contributed by atoms with E-state index in [1.807, 2.05) is 0 Å². The number of aryl methyl sites for hydroxylation is 1. The number of allylic oxidation sites excluding steroid dienone is 2. The lowest BCUT2D eigenvalue weighted by atomic mass is 9.68. The molecule has 0 heterocycles. The summed E-state index contributed by atoms with van der Waals surface area (Å²) in [4.78, 5) is 0. The Hall–Kier alpha value is -1.39. The van der Waals surface area contributed by atoms with E-state index >= 15 is 0 Å². The van der Waals surface area contributed by atoms with Crippen molar-refractivity contribution in [2.45, 2.75) is 103 Å². The molecule has 3 rings (SSSR count). The van der Waals surface area contributed by atoms with Crippen molar-refractivity contribution in [1.29, 1.82) is 0 Å². The second kappa shape index (κ2) is 12.4. The highest BCUT2D eigenvalue weighted by molar-refractivity contribution is 5.28. The maximum atomic E-state index is 13.8. The molecule has 1 aromatic rings. The van der Waals surface area contributed by atoms with Crippen molar-refractivity contribution < 1.29 is 22.0 Å². The summed E-state index contributed by atoms with van der Waals surface area (Å²) in [5, 5.41) is 0. The van der Waals surface area contributed by atoms with Crippen molar-refractivity contribution >= 4 is 0 Å². The molecule has 0 nitrogen and oxygen atoms in total. The van der Waals surface area contributed by atoms with E-state index in [2.05, 4.69) is 19.1 Å². The van der Waals surface area contributed by atoms with Gasteiger partial charge in [0, 0.05) is 0 Å². The van der Waals surface area contributed by atoms with E-state index in [1.165, 1.54) is 64.2 Å². The molecule has 2 aliphatic rings. The van der Waals surface area contributed by atoms with Crippen LogP contribution in [0, 0.1) is 35.3 Å². The average molecular weight is 471 g/mol. The van der Waals surface area contributed by atoms with Gasteiger partial charge in [-0.15, -0.1) is 0 Å². The molecular formula is C28H39F5. The smallest absolute Gasteiger partial charge is 0.206 e. The first-order valence-electron chi connectivity index (χ1n) is 12.9. The van der Waals surface area contributed by atoms with Gasteiger partial charge < -0.3 is 0 Å². The lowest BCUT2D eigenvalue weighted by Crippen LogP contribution is -2.26. The third-order valence-corrected chi connectivity index (χ3v) is 8.14. The van der Waals surface area contributed by atoms with Crippen molar-refractivity contribution in [2.24, 2.45) is 23.7 Å². The van der Waals surface area contributed by atoms with E-state index in [1.54, 1.807) is 0 Å². The molecule has 5 heteroatoms. The van der Waals surface area contributed by atoms with Crippen LogP contribution < -0.4 is 0 Å². The highest BCUT2D eigenvalue weighted by Gasteiger charge is 2.38. The summed E-state index contributed by atoms with van der Waals surface area (Å²) < 4.78 is 65.9. The number of hydrogen-bond donors (Lipinski definition) is 0. The zero-order valence-corrected chi connectivity index (χ0v) is 19.9. The average Bonchev–Trinajstić information content (AvgIpc) is 2.77. The number of halogens is 5. The van der Waals surface area contributed by atoms with Gasteiger partial charge in [-0.05, 0) is 99.7 Å². The summed E-state index contributed by atoms with van der Waals surface area (Å²) in [5.74, 6) is 0.0567. The minimum Gasteiger partial charge on any atom is -0.206 e. The van der Waals surface area contributed by atoms with Crippen LogP contribution in [0.3, 0.4) is 0 Å². The van der Waals surface area contributed by atoms with Crippen LogP contribution in [-0.4, -0.2) is 0 Å². The molecule has 0 bridgehead atoms. The van der Waals surface area contributed by atoms with Gasteiger partial charge in [0.1, 0.15) is 17.2 Å². The zero-order chi connectivity index (χ0) is 23.8. The van der Waals surface area contributed by atoms with Crippen molar-refractivity contribution in [3.05, 3.63) is 47.0 Å². The molecule has 186 valence electrons. The Morgan fingerprint density at radius 3 is 1.79 bits per heavy atom. The highest BCUT2D eigenvalue weighted by Crippen LogP contribution is 2.43. The molecule has 0 saturated heterocycles. The van der Waals surface area contributed by atoms with Crippen LogP contribution in [-0.2, 0) is 12.6 Å². The molecule has 0 N–H and O–H groups in total. The van der Waals surface area contributed by atoms with Crippen molar-refractivity contribution in [3.8, 4) is 0 Å². The van der Waals surface area contributed by atoms with E-state index in [0.717, 1.165) is 49.1 Å². The molecule has 0 aliphatic heterocycles. The van der Waals surface area contributed by atoms with Crippen LogP contribution in [0.1, 0.15) is 102 Å². The monoisotopic (exact) mass is 470 g/mol. The maximum absolute atomic E-state index is 13.8. The third kappa shape index (κ3) is 7.82. The van der Waals surface area contributed by atoms with Gasteiger partial charge in [-0.25, -0.2) is 8.78 Å². The molecule has 0 radical (unpaired) electrons. The minimum atomic E-state index is -5.00. The summed E-state index contributed by atoms with van der Waals surface area (Å²) >= 11 is 0. The summed E-state index contributed by atoms with van der Waals surface area (Å²) in [6.07, 6.45) is 16.0. The van der Waals surface area contributed by atoms with Gasteiger partial charge in [0.2, 0.25) is 0 Å². The summed E-state index contributed by atoms with van der Waals surface area (Å²) in [5.41, 5.74) is -1.46. The first-order chi connectivity index (χ1) is 15.8. The first-order valence-corrected chi connectivity index (χ1v) is 12.9. The standard InChI is InChI=1S/C28H39F5/c1-2-3-4-5-6-7-20-10-14-23(15-11-20)24-16-12-21(13-17-24)8-9-22-18-25(29)27(26(30)19-22)28(31,32)33/h2-3,18-21,23-24H,4-17H2,1H3/b3-2+. The fraction of sp³-hybridized carbons (Fsp3) is 0.714. The Labute approximate surface area is 196 Å². The van der Waals surface area contributed by atoms with E-state index in [-0.39, 0.29) is 0 Å². The molecule has 0 unspecified atom stereocenters. The zero-order valence-electron chi connectivity index (χ0n) is 19.9. The van der Waals surface area contributed by atoms with Crippen LogP contribution in [0.25, 0.3) is 0 Å². The minimum absolute atomic E-state index is 0.323. The van der Waals surface area contributed by atoms with Crippen molar-refractivity contribution in [3.63, 3.8) is 0 Å². The lowest BCUT2D eigenvalue weighted by Gasteiger charge is -2.38. The van der Waals surface area contributed by atoms with Gasteiger partial charge >= 0.3 is 6.18 Å². The van der Waals surface area contributed by atoms with E-state index in [9.17, 15) is 22.0 Å². The Balaban J connectivity index is 1.36. The largest absolute Gasteiger partial charge is 0.422 e. The third-order valence-electron chi connectivity index (χ3n) is 8.14. The normalized spacial score (nSPS) is 26.7. The fourth-order valence-corrected chi connectivity index (χ4v) is 6.17. The van der Waals surface area contributed by atoms with Gasteiger partial charge in [0.05, 0.1) is 0 Å². The van der Waals surface area contributed by atoms with Gasteiger partial charge in [-0.3, -0.25) is 0 Å². The molecule has 0 aromatic heterocycles. The number of hydrogen-bond acceptors (Lipinski definition) is 0. The lowest BCUT2D eigenvalue weighted by molar-refractivity contribution is -0.142. The second-order valence-electron chi connectivity index (χ2n) is 10.4. The number of alkyl halides is 3. The predicted molar refractivity (Wildman–Crippen MR) is 124 cm³/mol. The van der Waals surface area contributed by atoms with Crippen molar-refractivity contribution in [1.82, 2.24) is 0 Å². The SMILES string of the molecule is C/C=C/CCCCC1CCC(C2CCC(CCc3cc(F)c(C(F)(F)F)c(F)c3)CC2)CC1. The molecule has 0 atom stereocenters. The van der Waals surface area contributed by atoms with Crippen LogP contribution in [0.2, 0.25) is 0 Å². The quantitative estimate of drug-likeness (QED) is 0.191.